The molecule has 1 heterocycles. The first-order valence-corrected chi connectivity index (χ1v) is 9.41. The third kappa shape index (κ3) is 4.51. The number of thioether (sulfide) groups is 1. The summed E-state index contributed by atoms with van der Waals surface area (Å²) >= 11 is 1.63. The predicted octanol–water partition coefficient (Wildman–Crippen LogP) is 4.80. The van der Waals surface area contributed by atoms with E-state index in [1.807, 2.05) is 75.4 Å². The molecule has 1 aliphatic rings. The van der Waals surface area contributed by atoms with Gasteiger partial charge in [-0.15, -0.1) is 11.8 Å². The third-order valence-electron chi connectivity index (χ3n) is 4.26. The van der Waals surface area contributed by atoms with Gasteiger partial charge < -0.3 is 9.47 Å². The highest BCUT2D eigenvalue weighted by Crippen LogP contribution is 2.36. The highest BCUT2D eigenvalue weighted by molar-refractivity contribution is 8.02. The Morgan fingerprint density at radius 1 is 1.00 bits per heavy atom. The molecule has 0 N–H and O–H groups in total. The quantitative estimate of drug-likeness (QED) is 0.721. The number of ketones is 1. The number of hydrogen-bond donors (Lipinski definition) is 0. The molecule has 1 saturated heterocycles. The van der Waals surface area contributed by atoms with Crippen molar-refractivity contribution in [2.75, 3.05) is 13.2 Å². The Kier molecular flexibility index (Phi) is 5.62. The number of ether oxygens (including phenoxy) is 2. The van der Waals surface area contributed by atoms with E-state index in [1.165, 1.54) is 0 Å². The smallest absolute Gasteiger partial charge is 0.183 e. The van der Waals surface area contributed by atoms with Gasteiger partial charge in [-0.05, 0) is 20.8 Å². The minimum absolute atomic E-state index is 0.141. The minimum atomic E-state index is -0.522. The molecule has 132 valence electrons. The zero-order valence-corrected chi connectivity index (χ0v) is 15.7. The standard InChI is InChI=1S/C21H24O3S/c1-15-9-11-16(12-10-15)19(22)21(2,3)25-18-13-23-20(24-14-18)17-7-5-4-6-8-17/h4-12,18,20H,13-14H2,1-3H3. The number of benzene rings is 2. The number of rotatable bonds is 5. The van der Waals surface area contributed by atoms with Crippen LogP contribution in [0.4, 0.5) is 0 Å². The minimum Gasteiger partial charge on any atom is -0.347 e. The third-order valence-corrected chi connectivity index (χ3v) is 5.64. The van der Waals surface area contributed by atoms with Gasteiger partial charge in [0.05, 0.1) is 23.2 Å². The second-order valence-electron chi connectivity index (χ2n) is 6.85. The molecule has 3 nitrogen and oxygen atoms in total. The summed E-state index contributed by atoms with van der Waals surface area (Å²) in [4.78, 5) is 12.8. The van der Waals surface area contributed by atoms with Crippen LogP contribution in [0.1, 0.15) is 41.6 Å². The SMILES string of the molecule is Cc1ccc(C(=O)C(C)(C)SC2COC(c3ccccc3)OC2)cc1. The topological polar surface area (TPSA) is 35.5 Å². The van der Waals surface area contributed by atoms with Crippen molar-refractivity contribution in [2.45, 2.75) is 37.1 Å². The number of hydrogen-bond acceptors (Lipinski definition) is 4. The first-order valence-electron chi connectivity index (χ1n) is 8.53. The number of Topliss-reactive ketones (excluding diaryl/α,β-unsaturated/α-hetero) is 1. The Labute approximate surface area is 153 Å². The lowest BCUT2D eigenvalue weighted by Crippen LogP contribution is -2.36. The molecule has 0 amide bonds. The molecule has 0 bridgehead atoms. The molecule has 0 unspecified atom stereocenters. The van der Waals surface area contributed by atoms with Crippen molar-refractivity contribution >= 4 is 17.5 Å². The van der Waals surface area contributed by atoms with E-state index in [1.54, 1.807) is 11.8 Å². The summed E-state index contributed by atoms with van der Waals surface area (Å²) in [5, 5.41) is 0.143. The van der Waals surface area contributed by atoms with Gasteiger partial charge in [0.25, 0.3) is 0 Å². The Bertz CT molecular complexity index is 702. The van der Waals surface area contributed by atoms with Crippen LogP contribution in [0.5, 0.6) is 0 Å². The molecule has 0 saturated carbocycles. The van der Waals surface area contributed by atoms with Crippen molar-refractivity contribution in [3.8, 4) is 0 Å². The molecule has 0 atom stereocenters. The summed E-state index contributed by atoms with van der Waals surface area (Å²) in [6.07, 6.45) is -0.311. The van der Waals surface area contributed by atoms with Crippen molar-refractivity contribution < 1.29 is 14.3 Å². The Morgan fingerprint density at radius 2 is 1.60 bits per heavy atom. The monoisotopic (exact) mass is 356 g/mol. The van der Waals surface area contributed by atoms with Crippen molar-refractivity contribution in [3.63, 3.8) is 0 Å². The van der Waals surface area contributed by atoms with E-state index < -0.39 is 4.75 Å². The summed E-state index contributed by atoms with van der Waals surface area (Å²) in [5.74, 6) is 0.141. The maximum atomic E-state index is 12.8. The van der Waals surface area contributed by atoms with Gasteiger partial charge in [-0.3, -0.25) is 4.79 Å². The largest absolute Gasteiger partial charge is 0.347 e. The molecule has 2 aromatic rings. The van der Waals surface area contributed by atoms with Gasteiger partial charge in [-0.1, -0.05) is 60.2 Å². The highest BCUT2D eigenvalue weighted by atomic mass is 32.2. The number of aryl methyl sites for hydroxylation is 1. The Hall–Kier alpha value is -1.62. The van der Waals surface area contributed by atoms with Crippen LogP contribution < -0.4 is 0 Å². The van der Waals surface area contributed by atoms with Crippen molar-refractivity contribution in [2.24, 2.45) is 0 Å². The Balaban J connectivity index is 1.58. The summed E-state index contributed by atoms with van der Waals surface area (Å²) in [6, 6.07) is 17.7. The van der Waals surface area contributed by atoms with E-state index in [-0.39, 0.29) is 17.3 Å². The van der Waals surface area contributed by atoms with E-state index in [9.17, 15) is 4.79 Å². The van der Waals surface area contributed by atoms with Crippen LogP contribution in [0.3, 0.4) is 0 Å². The lowest BCUT2D eigenvalue weighted by Gasteiger charge is -2.33. The average molecular weight is 356 g/mol. The molecule has 1 aliphatic heterocycles. The maximum absolute atomic E-state index is 12.8. The molecule has 0 spiro atoms. The lowest BCUT2D eigenvalue weighted by molar-refractivity contribution is -0.179. The molecule has 0 radical (unpaired) electrons. The van der Waals surface area contributed by atoms with Gasteiger partial charge in [0, 0.05) is 11.1 Å². The molecule has 1 fully saturated rings. The van der Waals surface area contributed by atoms with Crippen LogP contribution in [0, 0.1) is 6.92 Å². The molecule has 0 aliphatic carbocycles. The maximum Gasteiger partial charge on any atom is 0.183 e. The highest BCUT2D eigenvalue weighted by Gasteiger charge is 2.35. The van der Waals surface area contributed by atoms with Gasteiger partial charge in [-0.25, -0.2) is 0 Å². The first-order chi connectivity index (χ1) is 12.0. The first kappa shape index (κ1) is 18.2. The van der Waals surface area contributed by atoms with Crippen LogP contribution in [0.25, 0.3) is 0 Å². The van der Waals surface area contributed by atoms with Gasteiger partial charge in [-0.2, -0.15) is 0 Å². The molecule has 2 aromatic carbocycles. The van der Waals surface area contributed by atoms with Crippen LogP contribution >= 0.6 is 11.8 Å². The van der Waals surface area contributed by atoms with E-state index >= 15 is 0 Å². The van der Waals surface area contributed by atoms with Gasteiger partial charge in [0.1, 0.15) is 0 Å². The lowest BCUT2D eigenvalue weighted by atomic mass is 9.99. The molecule has 0 aromatic heterocycles. The number of carbonyl (C=O) groups is 1. The summed E-state index contributed by atoms with van der Waals surface area (Å²) < 4.78 is 11.2. The van der Waals surface area contributed by atoms with E-state index in [0.29, 0.717) is 13.2 Å². The molecular weight excluding hydrogens is 332 g/mol. The molecule has 3 rings (SSSR count). The van der Waals surface area contributed by atoms with Crippen LogP contribution in [0.15, 0.2) is 54.6 Å². The van der Waals surface area contributed by atoms with Crippen molar-refractivity contribution in [3.05, 3.63) is 71.3 Å². The molecular formula is C21H24O3S. The predicted molar refractivity (Wildman–Crippen MR) is 102 cm³/mol. The fourth-order valence-electron chi connectivity index (χ4n) is 2.88. The van der Waals surface area contributed by atoms with Crippen molar-refractivity contribution in [1.29, 1.82) is 0 Å². The van der Waals surface area contributed by atoms with Crippen molar-refractivity contribution in [1.82, 2.24) is 0 Å². The zero-order chi connectivity index (χ0) is 17.9. The van der Waals surface area contributed by atoms with Gasteiger partial charge >= 0.3 is 0 Å². The second kappa shape index (κ2) is 7.73. The van der Waals surface area contributed by atoms with Crippen LogP contribution in [-0.4, -0.2) is 29.0 Å². The molecule has 4 heteroatoms. The normalized spacial score (nSPS) is 21.1. The number of carbonyl (C=O) groups excluding carboxylic acids is 1. The average Bonchev–Trinajstić information content (AvgIpc) is 2.63. The summed E-state index contributed by atoms with van der Waals surface area (Å²) in [7, 11) is 0. The fourth-order valence-corrected chi connectivity index (χ4v) is 4.23. The molecule has 25 heavy (non-hydrogen) atoms. The van der Waals surface area contributed by atoms with E-state index in [2.05, 4.69) is 0 Å². The second-order valence-corrected chi connectivity index (χ2v) is 8.78. The van der Waals surface area contributed by atoms with E-state index in [0.717, 1.165) is 16.7 Å². The van der Waals surface area contributed by atoms with Crippen LogP contribution in [0.2, 0.25) is 0 Å². The van der Waals surface area contributed by atoms with Gasteiger partial charge in [0.15, 0.2) is 12.1 Å². The zero-order valence-electron chi connectivity index (χ0n) is 14.9. The van der Waals surface area contributed by atoms with Gasteiger partial charge in [0.2, 0.25) is 0 Å². The van der Waals surface area contributed by atoms with E-state index in [4.69, 9.17) is 9.47 Å². The van der Waals surface area contributed by atoms with Crippen LogP contribution in [-0.2, 0) is 9.47 Å². The Morgan fingerprint density at radius 3 is 2.20 bits per heavy atom. The fraction of sp³-hybridized carbons (Fsp3) is 0.381. The summed E-state index contributed by atoms with van der Waals surface area (Å²) in [5.41, 5.74) is 2.94. The summed E-state index contributed by atoms with van der Waals surface area (Å²) in [6.45, 7) is 7.13.